The van der Waals surface area contributed by atoms with Gasteiger partial charge in [-0.15, -0.1) is 0 Å². The molecule has 4 aromatic rings. The Hall–Kier alpha value is -3.75. The van der Waals surface area contributed by atoms with Crippen molar-refractivity contribution in [1.82, 2.24) is 25.0 Å². The highest BCUT2D eigenvalue weighted by atomic mass is 16.5. The third-order valence-electron chi connectivity index (χ3n) is 6.06. The predicted molar refractivity (Wildman–Crippen MR) is 135 cm³/mol. The number of benzene rings is 2. The van der Waals surface area contributed by atoms with E-state index in [0.29, 0.717) is 18.1 Å². The number of pyridine rings is 1. The molecule has 2 aromatic heterocycles. The fraction of sp³-hybridized carbons (Fsp3) is 0.296. The number of hydrogen-bond acceptors (Lipinski definition) is 6. The molecule has 180 valence electrons. The number of nitrogens with one attached hydrogen (secondary N) is 1. The lowest BCUT2D eigenvalue weighted by molar-refractivity contribution is -0.123. The number of rotatable bonds is 8. The van der Waals surface area contributed by atoms with Gasteiger partial charge in [-0.1, -0.05) is 48.5 Å². The molecule has 0 spiro atoms. The van der Waals surface area contributed by atoms with Crippen molar-refractivity contribution in [3.8, 4) is 22.8 Å². The second-order valence-corrected chi connectivity index (χ2v) is 8.53. The number of carbonyl (C=O) groups excluding carboxylic acids is 1. The summed E-state index contributed by atoms with van der Waals surface area (Å²) < 4.78 is 13.0. The van der Waals surface area contributed by atoms with Crippen molar-refractivity contribution in [2.45, 2.75) is 6.92 Å². The summed E-state index contributed by atoms with van der Waals surface area (Å²) >= 11 is 0. The standard InChI is InChI=1S/C27H29N5O3/c1-20-18-24(35-19-23(33)28-12-13-31-14-16-34-17-15-31)29-27-25(20)26(21-8-4-2-5-9-21)30-32(27)22-10-6-3-7-11-22/h2-11,18H,12-17,19H2,1H3,(H,28,33). The highest BCUT2D eigenvalue weighted by Crippen LogP contribution is 2.33. The minimum Gasteiger partial charge on any atom is -0.468 e. The number of para-hydroxylation sites is 1. The molecule has 0 bridgehead atoms. The van der Waals surface area contributed by atoms with Gasteiger partial charge in [-0.3, -0.25) is 9.69 Å². The fourth-order valence-electron chi connectivity index (χ4n) is 4.26. The molecule has 0 saturated carbocycles. The Labute approximate surface area is 204 Å². The monoisotopic (exact) mass is 471 g/mol. The number of amides is 1. The van der Waals surface area contributed by atoms with Gasteiger partial charge in [0.1, 0.15) is 5.69 Å². The van der Waals surface area contributed by atoms with Crippen LogP contribution in [0.15, 0.2) is 66.7 Å². The van der Waals surface area contributed by atoms with Gasteiger partial charge in [0.15, 0.2) is 12.3 Å². The van der Waals surface area contributed by atoms with E-state index in [2.05, 4.69) is 10.2 Å². The van der Waals surface area contributed by atoms with Gasteiger partial charge in [-0.05, 0) is 24.6 Å². The molecule has 0 atom stereocenters. The molecule has 8 heteroatoms. The number of aryl methyl sites for hydroxylation is 1. The molecule has 1 aliphatic heterocycles. The van der Waals surface area contributed by atoms with Crippen molar-refractivity contribution in [3.63, 3.8) is 0 Å². The van der Waals surface area contributed by atoms with E-state index in [1.165, 1.54) is 0 Å². The zero-order valence-electron chi connectivity index (χ0n) is 19.8. The van der Waals surface area contributed by atoms with E-state index >= 15 is 0 Å². The van der Waals surface area contributed by atoms with Gasteiger partial charge in [-0.2, -0.15) is 10.1 Å². The summed E-state index contributed by atoms with van der Waals surface area (Å²) in [7, 11) is 0. The van der Waals surface area contributed by atoms with E-state index in [0.717, 1.165) is 60.7 Å². The number of ether oxygens (including phenoxy) is 2. The average molecular weight is 472 g/mol. The molecule has 35 heavy (non-hydrogen) atoms. The number of nitrogens with zero attached hydrogens (tertiary/aromatic N) is 4. The van der Waals surface area contributed by atoms with Gasteiger partial charge in [0.2, 0.25) is 5.88 Å². The first-order valence-corrected chi connectivity index (χ1v) is 11.9. The van der Waals surface area contributed by atoms with Gasteiger partial charge in [-0.25, -0.2) is 4.68 Å². The normalized spacial score (nSPS) is 14.2. The minimum absolute atomic E-state index is 0.0912. The van der Waals surface area contributed by atoms with E-state index in [1.54, 1.807) is 0 Å². The molecule has 5 rings (SSSR count). The van der Waals surface area contributed by atoms with Crippen LogP contribution in [0.4, 0.5) is 0 Å². The highest BCUT2D eigenvalue weighted by Gasteiger charge is 2.19. The van der Waals surface area contributed by atoms with Crippen LogP contribution in [0.25, 0.3) is 28.0 Å². The van der Waals surface area contributed by atoms with Crippen LogP contribution >= 0.6 is 0 Å². The number of fused-ring (bicyclic) bond motifs is 1. The summed E-state index contributed by atoms with van der Waals surface area (Å²) in [5, 5.41) is 8.80. The number of hydrogen-bond donors (Lipinski definition) is 1. The molecule has 2 aromatic carbocycles. The summed E-state index contributed by atoms with van der Waals surface area (Å²) in [5.74, 6) is 0.231. The lowest BCUT2D eigenvalue weighted by Crippen LogP contribution is -2.42. The van der Waals surface area contributed by atoms with Crippen molar-refractivity contribution < 1.29 is 14.3 Å². The number of aromatic nitrogens is 3. The van der Waals surface area contributed by atoms with Gasteiger partial charge in [0.25, 0.3) is 5.91 Å². The number of carbonyl (C=O) groups is 1. The molecule has 0 unspecified atom stereocenters. The van der Waals surface area contributed by atoms with Crippen LogP contribution in [0.3, 0.4) is 0 Å². The summed E-state index contributed by atoms with van der Waals surface area (Å²) in [6, 6.07) is 21.8. The zero-order chi connectivity index (χ0) is 24.0. The maximum atomic E-state index is 12.4. The third kappa shape index (κ3) is 5.34. The Bertz CT molecular complexity index is 1280. The van der Waals surface area contributed by atoms with E-state index in [1.807, 2.05) is 78.3 Å². The van der Waals surface area contributed by atoms with Crippen LogP contribution in [-0.2, 0) is 9.53 Å². The van der Waals surface area contributed by atoms with Gasteiger partial charge in [0, 0.05) is 37.8 Å². The molecule has 1 aliphatic rings. The number of morpholine rings is 1. The van der Waals surface area contributed by atoms with Gasteiger partial charge in [0.05, 0.1) is 24.3 Å². The maximum Gasteiger partial charge on any atom is 0.258 e. The Morgan fingerprint density at radius 1 is 1.06 bits per heavy atom. The van der Waals surface area contributed by atoms with Crippen LogP contribution in [0.2, 0.25) is 0 Å². The summed E-state index contributed by atoms with van der Waals surface area (Å²) in [6.45, 7) is 6.60. The highest BCUT2D eigenvalue weighted by molar-refractivity contribution is 5.95. The van der Waals surface area contributed by atoms with E-state index in [4.69, 9.17) is 19.6 Å². The van der Waals surface area contributed by atoms with Crippen LogP contribution in [0.5, 0.6) is 5.88 Å². The topological polar surface area (TPSA) is 81.5 Å². The fourth-order valence-corrected chi connectivity index (χ4v) is 4.26. The van der Waals surface area contributed by atoms with Gasteiger partial charge >= 0.3 is 0 Å². The van der Waals surface area contributed by atoms with Crippen LogP contribution < -0.4 is 10.1 Å². The van der Waals surface area contributed by atoms with Crippen molar-refractivity contribution in [2.24, 2.45) is 0 Å². The molecular weight excluding hydrogens is 442 g/mol. The van der Waals surface area contributed by atoms with Crippen molar-refractivity contribution in [3.05, 3.63) is 72.3 Å². The Morgan fingerprint density at radius 2 is 1.77 bits per heavy atom. The maximum absolute atomic E-state index is 12.4. The average Bonchev–Trinajstić information content (AvgIpc) is 3.29. The first-order valence-electron chi connectivity index (χ1n) is 11.9. The predicted octanol–water partition coefficient (Wildman–Crippen LogP) is 3.22. The molecule has 0 aliphatic carbocycles. The zero-order valence-corrected chi connectivity index (χ0v) is 19.8. The molecule has 1 amide bonds. The molecular formula is C27H29N5O3. The summed E-state index contributed by atoms with van der Waals surface area (Å²) in [4.78, 5) is 19.4. The third-order valence-corrected chi connectivity index (χ3v) is 6.06. The SMILES string of the molecule is Cc1cc(OCC(=O)NCCN2CCOCC2)nc2c1c(-c1ccccc1)nn2-c1ccccc1. The second-order valence-electron chi connectivity index (χ2n) is 8.53. The van der Waals surface area contributed by atoms with E-state index < -0.39 is 0 Å². The van der Waals surface area contributed by atoms with Gasteiger partial charge < -0.3 is 14.8 Å². The lowest BCUT2D eigenvalue weighted by atomic mass is 10.1. The molecule has 1 fully saturated rings. The summed E-state index contributed by atoms with van der Waals surface area (Å²) in [6.07, 6.45) is 0. The molecule has 1 saturated heterocycles. The summed E-state index contributed by atoms with van der Waals surface area (Å²) in [5.41, 5.74) is 4.47. The molecule has 3 heterocycles. The Morgan fingerprint density at radius 3 is 2.51 bits per heavy atom. The van der Waals surface area contributed by atoms with Crippen molar-refractivity contribution >= 4 is 16.9 Å². The Balaban J connectivity index is 1.36. The quantitative estimate of drug-likeness (QED) is 0.425. The minimum atomic E-state index is -0.167. The smallest absolute Gasteiger partial charge is 0.258 e. The largest absolute Gasteiger partial charge is 0.468 e. The lowest BCUT2D eigenvalue weighted by Gasteiger charge is -2.26. The van der Waals surface area contributed by atoms with E-state index in [9.17, 15) is 4.79 Å². The molecule has 0 radical (unpaired) electrons. The van der Waals surface area contributed by atoms with Crippen molar-refractivity contribution in [2.75, 3.05) is 46.0 Å². The van der Waals surface area contributed by atoms with Crippen molar-refractivity contribution in [1.29, 1.82) is 0 Å². The Kier molecular flexibility index (Phi) is 7.02. The molecule has 1 N–H and O–H groups in total. The van der Waals surface area contributed by atoms with Crippen LogP contribution in [-0.4, -0.2) is 71.6 Å². The van der Waals surface area contributed by atoms with E-state index in [-0.39, 0.29) is 12.5 Å². The van der Waals surface area contributed by atoms with Crippen LogP contribution in [0, 0.1) is 6.92 Å². The first kappa shape index (κ1) is 23.0. The van der Waals surface area contributed by atoms with Crippen LogP contribution in [0.1, 0.15) is 5.56 Å². The molecule has 8 nitrogen and oxygen atoms in total. The second kappa shape index (κ2) is 10.7. The first-order chi connectivity index (χ1) is 17.2.